The van der Waals surface area contributed by atoms with Gasteiger partial charge in [-0.05, 0) is 38.6 Å². The van der Waals surface area contributed by atoms with E-state index in [4.69, 9.17) is 11.6 Å². The number of rotatable bonds is 3. The van der Waals surface area contributed by atoms with Gasteiger partial charge < -0.3 is 10.6 Å². The van der Waals surface area contributed by atoms with Gasteiger partial charge in [0.05, 0.1) is 6.04 Å². The molecule has 1 rings (SSSR count). The second-order valence-electron chi connectivity index (χ2n) is 3.41. The molecular formula is C11H15ClN2O. The Morgan fingerprint density at radius 1 is 1.47 bits per heavy atom. The smallest absolute Gasteiger partial charge is 0.241 e. The number of benzene rings is 1. The van der Waals surface area contributed by atoms with Gasteiger partial charge in [0.2, 0.25) is 5.91 Å². The Bertz CT molecular complexity index is 366. The van der Waals surface area contributed by atoms with Crippen LogP contribution in [0.15, 0.2) is 18.2 Å². The summed E-state index contributed by atoms with van der Waals surface area (Å²) in [6, 6.07) is 5.23. The molecule has 1 atom stereocenters. The third-order valence-corrected chi connectivity index (χ3v) is 2.76. The second-order valence-corrected chi connectivity index (χ2v) is 3.82. The van der Waals surface area contributed by atoms with E-state index in [0.717, 1.165) is 11.3 Å². The number of halogens is 1. The van der Waals surface area contributed by atoms with Crippen molar-refractivity contribution in [2.75, 3.05) is 12.4 Å². The van der Waals surface area contributed by atoms with Crippen LogP contribution in [0.1, 0.15) is 12.5 Å². The van der Waals surface area contributed by atoms with Gasteiger partial charge in [0.25, 0.3) is 0 Å². The lowest BCUT2D eigenvalue weighted by molar-refractivity contribution is -0.117. The molecule has 0 heterocycles. The van der Waals surface area contributed by atoms with Crippen molar-refractivity contribution in [2.45, 2.75) is 19.9 Å². The molecule has 1 aromatic rings. The number of hydrogen-bond donors (Lipinski definition) is 2. The highest BCUT2D eigenvalue weighted by Crippen LogP contribution is 2.22. The highest BCUT2D eigenvalue weighted by atomic mass is 35.5. The molecule has 0 saturated heterocycles. The first-order chi connectivity index (χ1) is 7.06. The fourth-order valence-corrected chi connectivity index (χ4v) is 1.29. The van der Waals surface area contributed by atoms with E-state index < -0.39 is 0 Å². The Morgan fingerprint density at radius 3 is 2.73 bits per heavy atom. The number of anilines is 1. The molecular weight excluding hydrogens is 212 g/mol. The van der Waals surface area contributed by atoms with Crippen molar-refractivity contribution in [3.63, 3.8) is 0 Å². The van der Waals surface area contributed by atoms with Crippen LogP contribution in [0, 0.1) is 6.92 Å². The Balaban J connectivity index is 2.81. The van der Waals surface area contributed by atoms with E-state index in [2.05, 4.69) is 10.6 Å². The summed E-state index contributed by atoms with van der Waals surface area (Å²) in [7, 11) is 1.75. The summed E-state index contributed by atoms with van der Waals surface area (Å²) in [4.78, 5) is 11.6. The van der Waals surface area contributed by atoms with Crippen molar-refractivity contribution in [1.29, 1.82) is 0 Å². The fraction of sp³-hybridized carbons (Fsp3) is 0.364. The summed E-state index contributed by atoms with van der Waals surface area (Å²) < 4.78 is 0. The Labute approximate surface area is 94.8 Å². The first-order valence-electron chi connectivity index (χ1n) is 4.79. The van der Waals surface area contributed by atoms with Crippen LogP contribution in [0.4, 0.5) is 5.69 Å². The van der Waals surface area contributed by atoms with Crippen LogP contribution >= 0.6 is 11.6 Å². The largest absolute Gasteiger partial charge is 0.324 e. The van der Waals surface area contributed by atoms with Gasteiger partial charge in [-0.1, -0.05) is 17.7 Å². The lowest BCUT2D eigenvalue weighted by Crippen LogP contribution is -2.35. The molecule has 0 saturated carbocycles. The normalized spacial score (nSPS) is 12.3. The van der Waals surface area contributed by atoms with Crippen molar-refractivity contribution in [1.82, 2.24) is 5.32 Å². The molecule has 3 nitrogen and oxygen atoms in total. The van der Waals surface area contributed by atoms with Gasteiger partial charge in [0, 0.05) is 10.7 Å². The summed E-state index contributed by atoms with van der Waals surface area (Å²) >= 11 is 5.94. The third-order valence-electron chi connectivity index (χ3n) is 2.35. The minimum atomic E-state index is -0.219. The van der Waals surface area contributed by atoms with Crippen LogP contribution in [0.5, 0.6) is 0 Å². The lowest BCUT2D eigenvalue weighted by Gasteiger charge is -2.13. The van der Waals surface area contributed by atoms with E-state index in [-0.39, 0.29) is 11.9 Å². The molecule has 0 aromatic heterocycles. The summed E-state index contributed by atoms with van der Waals surface area (Å²) in [5.74, 6) is -0.0668. The number of hydrogen-bond acceptors (Lipinski definition) is 2. The average Bonchev–Trinajstić information content (AvgIpc) is 2.23. The van der Waals surface area contributed by atoms with Crippen LogP contribution in [-0.2, 0) is 4.79 Å². The zero-order valence-electron chi connectivity index (χ0n) is 9.10. The lowest BCUT2D eigenvalue weighted by atomic mass is 10.2. The Hall–Kier alpha value is -1.06. The number of carbonyl (C=O) groups is 1. The SMILES string of the molecule is CNC(C)C(=O)Nc1cccc(Cl)c1C. The van der Waals surface area contributed by atoms with E-state index in [1.807, 2.05) is 19.1 Å². The van der Waals surface area contributed by atoms with Crippen LogP contribution in [0.3, 0.4) is 0 Å². The third kappa shape index (κ3) is 2.94. The predicted molar refractivity (Wildman–Crippen MR) is 63.3 cm³/mol. The maximum Gasteiger partial charge on any atom is 0.241 e. The van der Waals surface area contributed by atoms with Crippen molar-refractivity contribution in [2.24, 2.45) is 0 Å². The molecule has 0 aliphatic rings. The molecule has 0 spiro atoms. The molecule has 0 fully saturated rings. The quantitative estimate of drug-likeness (QED) is 0.830. The molecule has 0 radical (unpaired) electrons. The first-order valence-corrected chi connectivity index (χ1v) is 5.17. The van der Waals surface area contributed by atoms with Gasteiger partial charge in [0.15, 0.2) is 0 Å². The minimum absolute atomic E-state index is 0.0668. The molecule has 2 N–H and O–H groups in total. The topological polar surface area (TPSA) is 41.1 Å². The summed E-state index contributed by atoms with van der Waals surface area (Å²) in [6.07, 6.45) is 0. The second kappa shape index (κ2) is 5.14. The van der Waals surface area contributed by atoms with Crippen molar-refractivity contribution in [3.8, 4) is 0 Å². The monoisotopic (exact) mass is 226 g/mol. The maximum atomic E-state index is 11.6. The molecule has 1 amide bonds. The maximum absolute atomic E-state index is 11.6. The number of carbonyl (C=O) groups excluding carboxylic acids is 1. The van der Waals surface area contributed by atoms with E-state index >= 15 is 0 Å². The number of nitrogens with one attached hydrogen (secondary N) is 2. The predicted octanol–water partition coefficient (Wildman–Crippen LogP) is 2.19. The standard InChI is InChI=1S/C11H15ClN2O/c1-7-9(12)5-4-6-10(7)14-11(15)8(2)13-3/h4-6,8,13H,1-3H3,(H,14,15). The van der Waals surface area contributed by atoms with Crippen LogP contribution < -0.4 is 10.6 Å². The van der Waals surface area contributed by atoms with Gasteiger partial charge in [-0.3, -0.25) is 4.79 Å². The van der Waals surface area contributed by atoms with Crippen molar-refractivity contribution in [3.05, 3.63) is 28.8 Å². The molecule has 0 aliphatic heterocycles. The summed E-state index contributed by atoms with van der Waals surface area (Å²) in [6.45, 7) is 3.68. The van der Waals surface area contributed by atoms with Gasteiger partial charge in [0.1, 0.15) is 0 Å². The highest BCUT2D eigenvalue weighted by Gasteiger charge is 2.11. The molecule has 0 bridgehead atoms. The van der Waals surface area contributed by atoms with E-state index in [1.54, 1.807) is 20.0 Å². The van der Waals surface area contributed by atoms with Gasteiger partial charge >= 0.3 is 0 Å². The van der Waals surface area contributed by atoms with E-state index in [9.17, 15) is 4.79 Å². The molecule has 4 heteroatoms. The highest BCUT2D eigenvalue weighted by molar-refractivity contribution is 6.31. The zero-order valence-corrected chi connectivity index (χ0v) is 9.85. The molecule has 1 unspecified atom stereocenters. The zero-order chi connectivity index (χ0) is 11.4. The Kier molecular flexibility index (Phi) is 4.12. The number of likely N-dealkylation sites (N-methyl/N-ethyl adjacent to an activating group) is 1. The van der Waals surface area contributed by atoms with Crippen LogP contribution in [0.2, 0.25) is 5.02 Å². The van der Waals surface area contributed by atoms with Crippen LogP contribution in [0.25, 0.3) is 0 Å². The van der Waals surface area contributed by atoms with Crippen molar-refractivity contribution < 1.29 is 4.79 Å². The molecule has 82 valence electrons. The fourth-order valence-electron chi connectivity index (χ4n) is 1.11. The summed E-state index contributed by atoms with van der Waals surface area (Å²) in [5, 5.41) is 6.35. The van der Waals surface area contributed by atoms with Crippen LogP contribution in [-0.4, -0.2) is 19.0 Å². The number of amides is 1. The first kappa shape index (κ1) is 12.0. The van der Waals surface area contributed by atoms with E-state index in [1.165, 1.54) is 0 Å². The molecule has 15 heavy (non-hydrogen) atoms. The van der Waals surface area contributed by atoms with Gasteiger partial charge in [-0.15, -0.1) is 0 Å². The minimum Gasteiger partial charge on any atom is -0.324 e. The van der Waals surface area contributed by atoms with Gasteiger partial charge in [-0.2, -0.15) is 0 Å². The summed E-state index contributed by atoms with van der Waals surface area (Å²) in [5.41, 5.74) is 1.64. The molecule has 1 aromatic carbocycles. The molecule has 0 aliphatic carbocycles. The average molecular weight is 227 g/mol. The Morgan fingerprint density at radius 2 is 2.13 bits per heavy atom. The van der Waals surface area contributed by atoms with Crippen molar-refractivity contribution >= 4 is 23.2 Å². The van der Waals surface area contributed by atoms with E-state index in [0.29, 0.717) is 5.02 Å². The van der Waals surface area contributed by atoms with Gasteiger partial charge in [-0.25, -0.2) is 0 Å².